The number of nitrogens with two attached hydrogens (primary N) is 1. The van der Waals surface area contributed by atoms with Gasteiger partial charge >= 0.3 is 0 Å². The van der Waals surface area contributed by atoms with Crippen LogP contribution in [0, 0.1) is 5.92 Å². The largest absolute Gasteiger partial charge is 0.382 e. The van der Waals surface area contributed by atoms with Crippen molar-refractivity contribution in [1.82, 2.24) is 20.0 Å². The summed E-state index contributed by atoms with van der Waals surface area (Å²) in [5.74, 6) is 0.505. The summed E-state index contributed by atoms with van der Waals surface area (Å²) in [6.45, 7) is 1.43. The molecule has 0 saturated carbocycles. The van der Waals surface area contributed by atoms with E-state index in [2.05, 4.69) is 10.4 Å². The van der Waals surface area contributed by atoms with Crippen LogP contribution in [0.4, 0.5) is 5.82 Å². The number of amides is 2. The highest BCUT2D eigenvalue weighted by atomic mass is 16.2. The fourth-order valence-electron chi connectivity index (χ4n) is 2.30. The highest BCUT2D eigenvalue weighted by Gasteiger charge is 2.26. The van der Waals surface area contributed by atoms with Crippen molar-refractivity contribution in [3.05, 3.63) is 12.3 Å². The van der Waals surface area contributed by atoms with Crippen molar-refractivity contribution in [3.63, 3.8) is 0 Å². The summed E-state index contributed by atoms with van der Waals surface area (Å²) in [5.41, 5.74) is 5.50. The summed E-state index contributed by atoms with van der Waals surface area (Å²) in [5, 5.41) is 6.64. The number of aromatic nitrogens is 2. The standard InChI is InChI=1S/C12H19N5O2/c1-14-12(19)9-2-5-16(6-3-9)11(18)8-17-7-4-10(13)15-17/h4,7,9H,2-3,5-6,8H2,1H3,(H2,13,15)(H,14,19). The van der Waals surface area contributed by atoms with E-state index in [1.165, 1.54) is 4.68 Å². The molecule has 0 spiro atoms. The van der Waals surface area contributed by atoms with Gasteiger partial charge in [0, 0.05) is 32.3 Å². The minimum atomic E-state index is 0.0125. The number of nitrogens with zero attached hydrogens (tertiary/aromatic N) is 3. The van der Waals surface area contributed by atoms with E-state index in [-0.39, 0.29) is 24.3 Å². The van der Waals surface area contributed by atoms with Gasteiger partial charge in [0.25, 0.3) is 0 Å². The van der Waals surface area contributed by atoms with Gasteiger partial charge < -0.3 is 16.0 Å². The van der Waals surface area contributed by atoms with Crippen LogP contribution < -0.4 is 11.1 Å². The first-order valence-electron chi connectivity index (χ1n) is 6.38. The first-order valence-corrected chi connectivity index (χ1v) is 6.38. The van der Waals surface area contributed by atoms with Gasteiger partial charge in [-0.1, -0.05) is 0 Å². The molecule has 1 aromatic rings. The van der Waals surface area contributed by atoms with E-state index in [1.54, 1.807) is 24.2 Å². The first kappa shape index (κ1) is 13.4. The molecule has 0 radical (unpaired) electrons. The summed E-state index contributed by atoms with van der Waals surface area (Å²) in [7, 11) is 1.64. The number of likely N-dealkylation sites (tertiary alicyclic amines) is 1. The lowest BCUT2D eigenvalue weighted by molar-refractivity contribution is -0.136. The quantitative estimate of drug-likeness (QED) is 0.767. The second-order valence-corrected chi connectivity index (χ2v) is 4.71. The Hall–Kier alpha value is -2.05. The number of anilines is 1. The van der Waals surface area contributed by atoms with Gasteiger partial charge in [0.1, 0.15) is 12.4 Å². The first-order chi connectivity index (χ1) is 9.10. The van der Waals surface area contributed by atoms with E-state index >= 15 is 0 Å². The molecule has 7 heteroatoms. The topological polar surface area (TPSA) is 93.2 Å². The van der Waals surface area contributed by atoms with E-state index in [0.29, 0.717) is 31.7 Å². The number of nitrogen functional groups attached to an aromatic ring is 1. The molecule has 2 rings (SSSR count). The number of carbonyl (C=O) groups is 2. The molecule has 1 aliphatic heterocycles. The Balaban J connectivity index is 1.84. The number of nitrogens with one attached hydrogen (secondary N) is 1. The number of hydrogen-bond acceptors (Lipinski definition) is 4. The summed E-state index contributed by atoms with van der Waals surface area (Å²) in [4.78, 5) is 25.3. The number of hydrogen-bond donors (Lipinski definition) is 2. The van der Waals surface area contributed by atoms with Gasteiger partial charge in [0.05, 0.1) is 0 Å². The van der Waals surface area contributed by atoms with Crippen LogP contribution in [-0.4, -0.2) is 46.6 Å². The fourth-order valence-corrected chi connectivity index (χ4v) is 2.30. The molecule has 2 heterocycles. The molecule has 0 bridgehead atoms. The van der Waals surface area contributed by atoms with Crippen molar-refractivity contribution in [3.8, 4) is 0 Å². The average Bonchev–Trinajstić information content (AvgIpc) is 2.83. The van der Waals surface area contributed by atoms with Gasteiger partial charge in [-0.15, -0.1) is 0 Å². The van der Waals surface area contributed by atoms with Crippen molar-refractivity contribution in [1.29, 1.82) is 0 Å². The van der Waals surface area contributed by atoms with Crippen LogP contribution in [0.3, 0.4) is 0 Å². The monoisotopic (exact) mass is 265 g/mol. The lowest BCUT2D eigenvalue weighted by Gasteiger charge is -2.31. The van der Waals surface area contributed by atoms with Gasteiger partial charge in [0.15, 0.2) is 0 Å². The van der Waals surface area contributed by atoms with Crippen LogP contribution in [-0.2, 0) is 16.1 Å². The molecule has 2 amide bonds. The predicted octanol–water partition coefficient (Wildman–Crippen LogP) is -0.550. The van der Waals surface area contributed by atoms with Gasteiger partial charge in [-0.2, -0.15) is 5.10 Å². The molecule has 0 atom stereocenters. The Labute approximate surface area is 111 Å². The van der Waals surface area contributed by atoms with Gasteiger partial charge in [0.2, 0.25) is 11.8 Å². The Morgan fingerprint density at radius 3 is 2.68 bits per heavy atom. The van der Waals surface area contributed by atoms with Crippen LogP contribution in [0.2, 0.25) is 0 Å². The molecule has 1 aliphatic rings. The van der Waals surface area contributed by atoms with Crippen LogP contribution in [0.5, 0.6) is 0 Å². The molecule has 104 valence electrons. The number of carbonyl (C=O) groups excluding carboxylic acids is 2. The van der Waals surface area contributed by atoms with Crippen LogP contribution in [0.1, 0.15) is 12.8 Å². The normalized spacial score (nSPS) is 16.4. The third-order valence-corrected chi connectivity index (χ3v) is 3.42. The van der Waals surface area contributed by atoms with E-state index < -0.39 is 0 Å². The molecular formula is C12H19N5O2. The lowest BCUT2D eigenvalue weighted by atomic mass is 9.96. The zero-order valence-electron chi connectivity index (χ0n) is 11.0. The summed E-state index contributed by atoms with van der Waals surface area (Å²) in [6.07, 6.45) is 3.11. The Bertz CT molecular complexity index is 462. The SMILES string of the molecule is CNC(=O)C1CCN(C(=O)Cn2ccc(N)n2)CC1. The molecule has 0 unspecified atom stereocenters. The summed E-state index contributed by atoms with van der Waals surface area (Å²) >= 11 is 0. The van der Waals surface area contributed by atoms with E-state index in [4.69, 9.17) is 5.73 Å². The van der Waals surface area contributed by atoms with Crippen LogP contribution in [0.15, 0.2) is 12.3 Å². The predicted molar refractivity (Wildman–Crippen MR) is 70.0 cm³/mol. The van der Waals surface area contributed by atoms with Crippen LogP contribution in [0.25, 0.3) is 0 Å². The minimum Gasteiger partial charge on any atom is -0.382 e. The zero-order chi connectivity index (χ0) is 13.8. The van der Waals surface area contributed by atoms with Crippen molar-refractivity contribution in [2.24, 2.45) is 5.92 Å². The second kappa shape index (κ2) is 5.73. The maximum Gasteiger partial charge on any atom is 0.244 e. The molecule has 0 aromatic carbocycles. The molecule has 7 nitrogen and oxygen atoms in total. The average molecular weight is 265 g/mol. The zero-order valence-corrected chi connectivity index (χ0v) is 11.0. The van der Waals surface area contributed by atoms with Gasteiger partial charge in [-0.25, -0.2) is 0 Å². The Kier molecular flexibility index (Phi) is 4.03. The van der Waals surface area contributed by atoms with Crippen LogP contribution >= 0.6 is 0 Å². The molecule has 1 saturated heterocycles. The molecule has 1 aromatic heterocycles. The van der Waals surface area contributed by atoms with Crippen molar-refractivity contribution >= 4 is 17.6 Å². The highest BCUT2D eigenvalue weighted by Crippen LogP contribution is 2.17. The molecule has 3 N–H and O–H groups in total. The highest BCUT2D eigenvalue weighted by molar-refractivity contribution is 5.79. The Morgan fingerprint density at radius 2 is 2.16 bits per heavy atom. The maximum atomic E-state index is 12.0. The molecule has 19 heavy (non-hydrogen) atoms. The second-order valence-electron chi connectivity index (χ2n) is 4.71. The molecule has 0 aliphatic carbocycles. The molecule has 1 fully saturated rings. The third kappa shape index (κ3) is 3.24. The smallest absolute Gasteiger partial charge is 0.244 e. The number of rotatable bonds is 3. The van der Waals surface area contributed by atoms with Gasteiger partial charge in [-0.3, -0.25) is 14.3 Å². The van der Waals surface area contributed by atoms with Crippen molar-refractivity contribution in [2.45, 2.75) is 19.4 Å². The lowest BCUT2D eigenvalue weighted by Crippen LogP contribution is -2.43. The van der Waals surface area contributed by atoms with E-state index in [0.717, 1.165) is 0 Å². The third-order valence-electron chi connectivity index (χ3n) is 3.42. The summed E-state index contributed by atoms with van der Waals surface area (Å²) < 4.78 is 1.53. The van der Waals surface area contributed by atoms with E-state index in [9.17, 15) is 9.59 Å². The Morgan fingerprint density at radius 1 is 1.47 bits per heavy atom. The fraction of sp³-hybridized carbons (Fsp3) is 0.583. The van der Waals surface area contributed by atoms with Crippen molar-refractivity contribution in [2.75, 3.05) is 25.9 Å². The summed E-state index contributed by atoms with van der Waals surface area (Å²) in [6, 6.07) is 1.66. The number of piperidine rings is 1. The van der Waals surface area contributed by atoms with E-state index in [1.807, 2.05) is 0 Å². The van der Waals surface area contributed by atoms with Crippen molar-refractivity contribution < 1.29 is 9.59 Å². The minimum absolute atomic E-state index is 0.0125. The van der Waals surface area contributed by atoms with Gasteiger partial charge in [-0.05, 0) is 18.9 Å². The maximum absolute atomic E-state index is 12.0. The molecular weight excluding hydrogens is 246 g/mol.